The van der Waals surface area contributed by atoms with Crippen LogP contribution in [-0.4, -0.2) is 9.97 Å². The first kappa shape index (κ1) is 12.9. The molecule has 1 heterocycles. The van der Waals surface area contributed by atoms with Gasteiger partial charge in [0.25, 0.3) is 0 Å². The van der Waals surface area contributed by atoms with Crippen molar-refractivity contribution in [1.29, 1.82) is 0 Å². The molecule has 0 unspecified atom stereocenters. The highest BCUT2D eigenvalue weighted by atomic mass is 19.4. The van der Waals surface area contributed by atoms with Crippen LogP contribution in [0.3, 0.4) is 0 Å². The van der Waals surface area contributed by atoms with E-state index >= 15 is 0 Å². The lowest BCUT2D eigenvalue weighted by Gasteiger charge is -2.14. The first-order valence-corrected chi connectivity index (χ1v) is 5.15. The monoisotopic (exact) mass is 269 g/mol. The summed E-state index contributed by atoms with van der Waals surface area (Å²) < 4.78 is 39.0. The number of hydrogen-bond donors (Lipinski definition) is 3. The van der Waals surface area contributed by atoms with E-state index in [1.807, 2.05) is 0 Å². The zero-order chi connectivity index (χ0) is 14.2. The first-order valence-electron chi connectivity index (χ1n) is 5.15. The summed E-state index contributed by atoms with van der Waals surface area (Å²) in [5.74, 6) is -1.04. The second-order valence-corrected chi connectivity index (χ2v) is 3.81. The molecule has 0 aliphatic rings. The SMILES string of the molecule is Nc1cccc(-c2nc(N)nc(N)c2C(F)(F)F)c1. The van der Waals surface area contributed by atoms with Gasteiger partial charge in [0.15, 0.2) is 0 Å². The van der Waals surface area contributed by atoms with Crippen LogP contribution < -0.4 is 17.2 Å². The summed E-state index contributed by atoms with van der Waals surface area (Å²) in [6, 6.07) is 5.85. The molecule has 0 atom stereocenters. The molecule has 8 heteroatoms. The van der Waals surface area contributed by atoms with Crippen molar-refractivity contribution in [3.8, 4) is 11.3 Å². The van der Waals surface area contributed by atoms with Crippen molar-refractivity contribution in [2.24, 2.45) is 0 Å². The van der Waals surface area contributed by atoms with Gasteiger partial charge in [-0.15, -0.1) is 0 Å². The molecule has 0 aliphatic carbocycles. The number of rotatable bonds is 1. The molecule has 0 saturated heterocycles. The van der Waals surface area contributed by atoms with Crippen LogP contribution in [0.1, 0.15) is 5.56 Å². The van der Waals surface area contributed by atoms with Gasteiger partial charge in [0.1, 0.15) is 11.4 Å². The van der Waals surface area contributed by atoms with Gasteiger partial charge in [0.05, 0.1) is 5.69 Å². The van der Waals surface area contributed by atoms with Crippen LogP contribution in [0.2, 0.25) is 0 Å². The van der Waals surface area contributed by atoms with E-state index in [0.717, 1.165) is 0 Å². The van der Waals surface area contributed by atoms with Crippen molar-refractivity contribution >= 4 is 17.5 Å². The molecule has 0 saturated carbocycles. The molecule has 0 aliphatic heterocycles. The van der Waals surface area contributed by atoms with Gasteiger partial charge in [-0.25, -0.2) is 4.98 Å². The molecular formula is C11H10F3N5. The van der Waals surface area contributed by atoms with E-state index in [4.69, 9.17) is 17.2 Å². The Morgan fingerprint density at radius 2 is 1.68 bits per heavy atom. The molecular weight excluding hydrogens is 259 g/mol. The maximum Gasteiger partial charge on any atom is 0.422 e. The zero-order valence-electron chi connectivity index (χ0n) is 9.57. The number of nitrogens with two attached hydrogens (primary N) is 3. The van der Waals surface area contributed by atoms with Gasteiger partial charge in [-0.1, -0.05) is 12.1 Å². The lowest BCUT2D eigenvalue weighted by Crippen LogP contribution is -2.15. The van der Waals surface area contributed by atoms with E-state index in [0.29, 0.717) is 5.69 Å². The lowest BCUT2D eigenvalue weighted by molar-refractivity contribution is -0.136. The third-order valence-electron chi connectivity index (χ3n) is 2.40. The smallest absolute Gasteiger partial charge is 0.399 e. The molecule has 0 radical (unpaired) electrons. The molecule has 6 N–H and O–H groups in total. The Balaban J connectivity index is 2.75. The Hall–Kier alpha value is -2.51. The van der Waals surface area contributed by atoms with Crippen LogP contribution >= 0.6 is 0 Å². The number of anilines is 3. The van der Waals surface area contributed by atoms with E-state index in [9.17, 15) is 13.2 Å². The summed E-state index contributed by atoms with van der Waals surface area (Å²) in [5, 5.41) is 0. The van der Waals surface area contributed by atoms with Crippen LogP contribution in [0, 0.1) is 0 Å². The Labute approximate surface area is 106 Å². The number of hydrogen-bond acceptors (Lipinski definition) is 5. The Morgan fingerprint density at radius 3 is 2.26 bits per heavy atom. The first-order chi connectivity index (χ1) is 8.79. The molecule has 0 bridgehead atoms. The largest absolute Gasteiger partial charge is 0.422 e. The van der Waals surface area contributed by atoms with E-state index < -0.39 is 17.6 Å². The number of alkyl halides is 3. The van der Waals surface area contributed by atoms with Crippen LogP contribution in [-0.2, 0) is 6.18 Å². The molecule has 2 rings (SSSR count). The van der Waals surface area contributed by atoms with E-state index in [1.54, 1.807) is 6.07 Å². The second-order valence-electron chi connectivity index (χ2n) is 3.81. The third-order valence-corrected chi connectivity index (χ3v) is 2.40. The van der Waals surface area contributed by atoms with Gasteiger partial charge in [-0.3, -0.25) is 0 Å². The van der Waals surface area contributed by atoms with Crippen molar-refractivity contribution in [1.82, 2.24) is 9.97 Å². The summed E-state index contributed by atoms with van der Waals surface area (Å²) >= 11 is 0. The average Bonchev–Trinajstić information content (AvgIpc) is 2.25. The van der Waals surface area contributed by atoms with Crippen LogP contribution in [0.4, 0.5) is 30.6 Å². The summed E-state index contributed by atoms with van der Waals surface area (Å²) in [5.41, 5.74) is 15.2. The number of nitrogen functional groups attached to an aromatic ring is 3. The quantitative estimate of drug-likeness (QED) is 0.686. The summed E-state index contributed by atoms with van der Waals surface area (Å²) in [7, 11) is 0. The number of aromatic nitrogens is 2. The normalized spacial score (nSPS) is 11.5. The fraction of sp³-hybridized carbons (Fsp3) is 0.0909. The highest BCUT2D eigenvalue weighted by Crippen LogP contribution is 2.39. The predicted octanol–water partition coefficient (Wildman–Crippen LogP) is 1.91. The molecule has 0 fully saturated rings. The molecule has 0 spiro atoms. The summed E-state index contributed by atoms with van der Waals surface area (Å²) in [6.07, 6.45) is -4.68. The minimum absolute atomic E-state index is 0.174. The van der Waals surface area contributed by atoms with E-state index in [1.165, 1.54) is 18.2 Å². The van der Waals surface area contributed by atoms with E-state index in [-0.39, 0.29) is 17.2 Å². The summed E-state index contributed by atoms with van der Waals surface area (Å²) in [6.45, 7) is 0. The van der Waals surface area contributed by atoms with Crippen molar-refractivity contribution in [2.45, 2.75) is 6.18 Å². The molecule has 5 nitrogen and oxygen atoms in total. The number of benzene rings is 1. The topological polar surface area (TPSA) is 104 Å². The highest BCUT2D eigenvalue weighted by Gasteiger charge is 2.38. The Morgan fingerprint density at radius 1 is 1.00 bits per heavy atom. The van der Waals surface area contributed by atoms with Crippen LogP contribution in [0.25, 0.3) is 11.3 Å². The predicted molar refractivity (Wildman–Crippen MR) is 65.7 cm³/mol. The molecule has 100 valence electrons. The van der Waals surface area contributed by atoms with Gasteiger partial charge in [0, 0.05) is 11.3 Å². The van der Waals surface area contributed by atoms with Crippen LogP contribution in [0.5, 0.6) is 0 Å². The molecule has 0 amide bonds. The molecule has 1 aromatic heterocycles. The third kappa shape index (κ3) is 2.51. The minimum Gasteiger partial charge on any atom is -0.399 e. The van der Waals surface area contributed by atoms with Gasteiger partial charge >= 0.3 is 6.18 Å². The molecule has 2 aromatic rings. The van der Waals surface area contributed by atoms with Crippen molar-refractivity contribution < 1.29 is 13.2 Å². The standard InChI is InChI=1S/C11H10F3N5/c12-11(13,14)7-8(18-10(17)19-9(7)16)5-2-1-3-6(15)4-5/h1-4H,15H2,(H4,16,17,18,19). The molecule has 19 heavy (non-hydrogen) atoms. The zero-order valence-corrected chi connectivity index (χ0v) is 9.57. The van der Waals surface area contributed by atoms with Crippen LogP contribution in [0.15, 0.2) is 24.3 Å². The van der Waals surface area contributed by atoms with Crippen molar-refractivity contribution in [3.05, 3.63) is 29.8 Å². The average molecular weight is 269 g/mol. The van der Waals surface area contributed by atoms with Crippen molar-refractivity contribution in [2.75, 3.05) is 17.2 Å². The fourth-order valence-electron chi connectivity index (χ4n) is 1.67. The minimum atomic E-state index is -4.68. The maximum atomic E-state index is 13.0. The highest BCUT2D eigenvalue weighted by molar-refractivity contribution is 5.72. The van der Waals surface area contributed by atoms with Gasteiger partial charge < -0.3 is 17.2 Å². The molecule has 1 aromatic carbocycles. The van der Waals surface area contributed by atoms with Gasteiger partial charge in [0.2, 0.25) is 5.95 Å². The maximum absolute atomic E-state index is 13.0. The van der Waals surface area contributed by atoms with Gasteiger partial charge in [-0.2, -0.15) is 18.2 Å². The lowest BCUT2D eigenvalue weighted by atomic mass is 10.1. The number of halogens is 3. The Kier molecular flexibility index (Phi) is 2.93. The Bertz CT molecular complexity index is 624. The van der Waals surface area contributed by atoms with Gasteiger partial charge in [-0.05, 0) is 12.1 Å². The number of nitrogens with zero attached hydrogens (tertiary/aromatic N) is 2. The van der Waals surface area contributed by atoms with Crippen molar-refractivity contribution in [3.63, 3.8) is 0 Å². The fourth-order valence-corrected chi connectivity index (χ4v) is 1.67. The van der Waals surface area contributed by atoms with E-state index in [2.05, 4.69) is 9.97 Å². The summed E-state index contributed by atoms with van der Waals surface area (Å²) in [4.78, 5) is 6.96. The second kappa shape index (κ2) is 4.30.